The van der Waals surface area contributed by atoms with E-state index in [4.69, 9.17) is 0 Å². The molecule has 2 N–H and O–H groups in total. The minimum atomic E-state index is -0.252. The molecule has 4 bridgehead atoms. The van der Waals surface area contributed by atoms with E-state index >= 15 is 0 Å². The van der Waals surface area contributed by atoms with Gasteiger partial charge < -0.3 is 10.4 Å². The van der Waals surface area contributed by atoms with Gasteiger partial charge in [0, 0.05) is 12.5 Å². The number of nitrogens with one attached hydrogen (secondary N) is 1. The first kappa shape index (κ1) is 13.4. The Bertz CT molecular complexity index is 312. The third-order valence-electron chi connectivity index (χ3n) is 5.63. The first-order valence-corrected chi connectivity index (χ1v) is 8.09. The van der Waals surface area contributed by atoms with Crippen LogP contribution in [0.1, 0.15) is 51.9 Å². The van der Waals surface area contributed by atoms with Crippen LogP contribution in [0.4, 0.5) is 0 Å². The van der Waals surface area contributed by atoms with E-state index in [-0.39, 0.29) is 6.10 Å². The lowest BCUT2D eigenvalue weighted by Crippen LogP contribution is -2.51. The van der Waals surface area contributed by atoms with Gasteiger partial charge in [-0.1, -0.05) is 0 Å². The number of hydrogen-bond donors (Lipinski definition) is 2. The van der Waals surface area contributed by atoms with Gasteiger partial charge in [-0.2, -0.15) is 0 Å². The average molecular weight is 265 g/mol. The van der Waals surface area contributed by atoms with Crippen molar-refractivity contribution >= 4 is 5.91 Å². The highest BCUT2D eigenvalue weighted by atomic mass is 16.3. The maximum Gasteiger partial charge on any atom is 0.223 e. The third-order valence-corrected chi connectivity index (χ3v) is 5.63. The molecule has 4 saturated carbocycles. The molecule has 1 atom stereocenters. The Hall–Kier alpha value is -0.570. The lowest BCUT2D eigenvalue weighted by molar-refractivity contribution is -0.138. The standard InChI is InChI=1S/C16H27NO2/c1-10(18)3-2-4-17-16(19)15-13-6-11-5-12(8-13)9-14(15)7-11/h10-15,18H,2-9H2,1H3,(H,17,19). The predicted molar refractivity (Wildman–Crippen MR) is 74.5 cm³/mol. The van der Waals surface area contributed by atoms with E-state index in [0.29, 0.717) is 23.7 Å². The zero-order chi connectivity index (χ0) is 13.4. The molecule has 0 heterocycles. The first-order chi connectivity index (χ1) is 9.13. The molecule has 1 unspecified atom stereocenters. The number of aliphatic hydroxyl groups is 1. The normalized spacial score (nSPS) is 41.3. The number of carbonyl (C=O) groups is 1. The topological polar surface area (TPSA) is 49.3 Å². The van der Waals surface area contributed by atoms with Crippen molar-refractivity contribution in [2.24, 2.45) is 29.6 Å². The maximum atomic E-state index is 12.4. The highest BCUT2D eigenvalue weighted by Crippen LogP contribution is 2.56. The van der Waals surface area contributed by atoms with E-state index in [1.54, 1.807) is 6.92 Å². The second-order valence-corrected chi connectivity index (χ2v) is 7.24. The van der Waals surface area contributed by atoms with Crippen molar-refractivity contribution in [1.29, 1.82) is 0 Å². The number of aliphatic hydroxyl groups excluding tert-OH is 1. The molecular weight excluding hydrogens is 238 g/mol. The Morgan fingerprint density at radius 1 is 1.16 bits per heavy atom. The summed E-state index contributed by atoms with van der Waals surface area (Å²) in [5, 5.41) is 12.3. The summed E-state index contributed by atoms with van der Waals surface area (Å²) in [7, 11) is 0. The van der Waals surface area contributed by atoms with Gasteiger partial charge in [0.1, 0.15) is 0 Å². The van der Waals surface area contributed by atoms with Crippen LogP contribution in [0.2, 0.25) is 0 Å². The fourth-order valence-electron chi connectivity index (χ4n) is 5.08. The van der Waals surface area contributed by atoms with Crippen molar-refractivity contribution in [3.05, 3.63) is 0 Å². The molecule has 0 aromatic carbocycles. The van der Waals surface area contributed by atoms with Crippen LogP contribution < -0.4 is 5.32 Å². The molecule has 0 radical (unpaired) electrons. The molecule has 4 aliphatic rings. The molecule has 3 heteroatoms. The maximum absolute atomic E-state index is 12.4. The summed E-state index contributed by atoms with van der Waals surface area (Å²) in [6.45, 7) is 2.53. The molecule has 0 saturated heterocycles. The first-order valence-electron chi connectivity index (χ1n) is 8.09. The third kappa shape index (κ3) is 2.81. The monoisotopic (exact) mass is 265 g/mol. The summed E-state index contributed by atoms with van der Waals surface area (Å²) in [4.78, 5) is 12.4. The van der Waals surface area contributed by atoms with E-state index in [1.165, 1.54) is 32.1 Å². The van der Waals surface area contributed by atoms with Crippen molar-refractivity contribution in [3.63, 3.8) is 0 Å². The average Bonchev–Trinajstić information content (AvgIpc) is 2.33. The molecule has 0 aromatic rings. The smallest absolute Gasteiger partial charge is 0.223 e. The molecule has 4 rings (SSSR count). The highest BCUT2D eigenvalue weighted by Gasteiger charge is 2.50. The molecule has 108 valence electrons. The minimum absolute atomic E-state index is 0.252. The Balaban J connectivity index is 1.50. The molecular formula is C16H27NO2. The van der Waals surface area contributed by atoms with Crippen molar-refractivity contribution in [1.82, 2.24) is 5.32 Å². The van der Waals surface area contributed by atoms with Gasteiger partial charge >= 0.3 is 0 Å². The van der Waals surface area contributed by atoms with Gasteiger partial charge in [-0.05, 0) is 75.5 Å². The Morgan fingerprint density at radius 3 is 2.26 bits per heavy atom. The molecule has 0 aliphatic heterocycles. The quantitative estimate of drug-likeness (QED) is 0.750. The van der Waals surface area contributed by atoms with Gasteiger partial charge in [-0.15, -0.1) is 0 Å². The van der Waals surface area contributed by atoms with E-state index < -0.39 is 0 Å². The van der Waals surface area contributed by atoms with E-state index in [1.807, 2.05) is 0 Å². The minimum Gasteiger partial charge on any atom is -0.393 e. The lowest BCUT2D eigenvalue weighted by Gasteiger charge is -2.53. The van der Waals surface area contributed by atoms with Crippen LogP contribution >= 0.6 is 0 Å². The molecule has 3 nitrogen and oxygen atoms in total. The fourth-order valence-corrected chi connectivity index (χ4v) is 5.08. The van der Waals surface area contributed by atoms with Crippen LogP contribution in [-0.2, 0) is 4.79 Å². The van der Waals surface area contributed by atoms with Crippen LogP contribution in [0, 0.1) is 29.6 Å². The van der Waals surface area contributed by atoms with Crippen molar-refractivity contribution < 1.29 is 9.90 Å². The molecule has 4 fully saturated rings. The van der Waals surface area contributed by atoms with Crippen LogP contribution in [0.15, 0.2) is 0 Å². The number of carbonyl (C=O) groups excluding carboxylic acids is 1. The molecule has 0 spiro atoms. The van der Waals surface area contributed by atoms with E-state index in [2.05, 4.69) is 5.32 Å². The summed E-state index contributed by atoms with van der Waals surface area (Å²) < 4.78 is 0. The van der Waals surface area contributed by atoms with Crippen LogP contribution in [0.5, 0.6) is 0 Å². The SMILES string of the molecule is CC(O)CCCNC(=O)C1C2CC3CC(C2)CC1C3. The molecule has 19 heavy (non-hydrogen) atoms. The van der Waals surface area contributed by atoms with Gasteiger partial charge in [0.05, 0.1) is 6.10 Å². The van der Waals surface area contributed by atoms with Crippen LogP contribution in [0.25, 0.3) is 0 Å². The van der Waals surface area contributed by atoms with Gasteiger partial charge in [0.2, 0.25) is 5.91 Å². The molecule has 1 amide bonds. The fraction of sp³-hybridized carbons (Fsp3) is 0.938. The van der Waals surface area contributed by atoms with Gasteiger partial charge in [0.25, 0.3) is 0 Å². The molecule has 0 aromatic heterocycles. The Labute approximate surface area is 116 Å². The molecule has 4 aliphatic carbocycles. The number of rotatable bonds is 5. The van der Waals surface area contributed by atoms with Crippen LogP contribution in [0.3, 0.4) is 0 Å². The number of hydrogen-bond acceptors (Lipinski definition) is 2. The van der Waals surface area contributed by atoms with Crippen LogP contribution in [-0.4, -0.2) is 23.7 Å². The van der Waals surface area contributed by atoms with Crippen molar-refractivity contribution in [3.8, 4) is 0 Å². The van der Waals surface area contributed by atoms with Gasteiger partial charge in [0.15, 0.2) is 0 Å². The predicted octanol–water partition coefficient (Wildman–Crippen LogP) is 2.34. The summed E-state index contributed by atoms with van der Waals surface area (Å²) in [6, 6.07) is 0. The largest absolute Gasteiger partial charge is 0.393 e. The van der Waals surface area contributed by atoms with Gasteiger partial charge in [-0.25, -0.2) is 0 Å². The summed E-state index contributed by atoms with van der Waals surface area (Å²) in [5.74, 6) is 3.82. The van der Waals surface area contributed by atoms with Gasteiger partial charge in [-0.3, -0.25) is 4.79 Å². The zero-order valence-corrected chi connectivity index (χ0v) is 12.0. The van der Waals surface area contributed by atoms with E-state index in [0.717, 1.165) is 31.2 Å². The Morgan fingerprint density at radius 2 is 1.74 bits per heavy atom. The zero-order valence-electron chi connectivity index (χ0n) is 12.0. The summed E-state index contributed by atoms with van der Waals surface area (Å²) in [6.07, 6.45) is 8.07. The Kier molecular flexibility index (Phi) is 3.84. The van der Waals surface area contributed by atoms with E-state index in [9.17, 15) is 9.90 Å². The summed E-state index contributed by atoms with van der Waals surface area (Å²) >= 11 is 0. The lowest BCUT2D eigenvalue weighted by atomic mass is 9.51. The highest BCUT2D eigenvalue weighted by molar-refractivity contribution is 5.79. The van der Waals surface area contributed by atoms with Crippen molar-refractivity contribution in [2.45, 2.75) is 58.0 Å². The van der Waals surface area contributed by atoms with Crippen molar-refractivity contribution in [2.75, 3.05) is 6.54 Å². The number of amides is 1. The second-order valence-electron chi connectivity index (χ2n) is 7.24. The summed E-state index contributed by atoms with van der Waals surface area (Å²) in [5.41, 5.74) is 0. The second kappa shape index (κ2) is 5.43.